The summed E-state index contributed by atoms with van der Waals surface area (Å²) in [5.74, 6) is 0. The molecule has 0 aliphatic carbocycles. The zero-order valence-corrected chi connectivity index (χ0v) is 6.48. The van der Waals surface area contributed by atoms with E-state index < -0.39 is 0 Å². The summed E-state index contributed by atoms with van der Waals surface area (Å²) >= 11 is 0. The molecular formula is C6H7N5O. The van der Waals surface area contributed by atoms with Crippen molar-refractivity contribution in [3.05, 3.63) is 16.7 Å². The third-order valence-corrected chi connectivity index (χ3v) is 1.66. The van der Waals surface area contributed by atoms with Crippen LogP contribution in [0.3, 0.4) is 0 Å². The van der Waals surface area contributed by atoms with Gasteiger partial charge in [0.05, 0.1) is 6.33 Å². The smallest absolute Gasteiger partial charge is 0.295 e. The van der Waals surface area contributed by atoms with E-state index in [2.05, 4.69) is 20.4 Å². The highest BCUT2D eigenvalue weighted by Crippen LogP contribution is 2.01. The van der Waals surface area contributed by atoms with Crippen LogP contribution in [0.4, 0.5) is 0 Å². The lowest BCUT2D eigenvalue weighted by Crippen LogP contribution is -2.10. The molecule has 62 valence electrons. The van der Waals surface area contributed by atoms with E-state index in [1.165, 1.54) is 0 Å². The molecule has 0 aliphatic rings. The van der Waals surface area contributed by atoms with E-state index in [0.29, 0.717) is 11.2 Å². The Morgan fingerprint density at radius 3 is 3.25 bits per heavy atom. The monoisotopic (exact) mass is 165 g/mol. The Balaban J connectivity index is 2.89. The summed E-state index contributed by atoms with van der Waals surface area (Å²) in [4.78, 5) is 15.0. The first-order chi connectivity index (χ1) is 5.83. The SMILES string of the molecule is CCn1cnc2c(=O)[nH]nnc21. The standard InChI is InChI=1S/C6H7N5O/c1-2-11-3-7-4-5(11)8-10-9-6(4)12/h3H,2H2,1H3,(H,8,9,12). The lowest BCUT2D eigenvalue weighted by atomic mass is 10.5. The summed E-state index contributed by atoms with van der Waals surface area (Å²) in [6.45, 7) is 2.68. The first-order valence-corrected chi connectivity index (χ1v) is 3.59. The van der Waals surface area contributed by atoms with Crippen molar-refractivity contribution in [3.8, 4) is 0 Å². The van der Waals surface area contributed by atoms with Crippen LogP contribution in [-0.4, -0.2) is 25.0 Å². The Hall–Kier alpha value is -1.72. The minimum absolute atomic E-state index is 0.299. The average molecular weight is 165 g/mol. The molecular weight excluding hydrogens is 158 g/mol. The maximum atomic E-state index is 11.1. The fourth-order valence-corrected chi connectivity index (χ4v) is 1.04. The summed E-state index contributed by atoms with van der Waals surface area (Å²) in [6, 6.07) is 0. The van der Waals surface area contributed by atoms with Crippen molar-refractivity contribution in [2.75, 3.05) is 0 Å². The average Bonchev–Trinajstić information content (AvgIpc) is 2.49. The normalized spacial score (nSPS) is 10.8. The van der Waals surface area contributed by atoms with Gasteiger partial charge in [0.2, 0.25) is 0 Å². The van der Waals surface area contributed by atoms with Crippen molar-refractivity contribution < 1.29 is 0 Å². The zero-order valence-electron chi connectivity index (χ0n) is 6.48. The number of imidazole rings is 1. The van der Waals surface area contributed by atoms with Gasteiger partial charge in [-0.15, -0.1) is 5.10 Å². The molecule has 0 saturated carbocycles. The maximum absolute atomic E-state index is 11.1. The third-order valence-electron chi connectivity index (χ3n) is 1.66. The summed E-state index contributed by atoms with van der Waals surface area (Å²) < 4.78 is 1.76. The van der Waals surface area contributed by atoms with Gasteiger partial charge in [0.1, 0.15) is 0 Å². The highest BCUT2D eigenvalue weighted by molar-refractivity contribution is 5.68. The van der Waals surface area contributed by atoms with Crippen LogP contribution in [0.1, 0.15) is 6.92 Å². The molecule has 0 unspecified atom stereocenters. The van der Waals surface area contributed by atoms with Gasteiger partial charge in [-0.05, 0) is 6.92 Å². The predicted molar refractivity (Wildman–Crippen MR) is 41.6 cm³/mol. The lowest BCUT2D eigenvalue weighted by molar-refractivity contribution is 0.758. The van der Waals surface area contributed by atoms with E-state index in [1.807, 2.05) is 6.92 Å². The predicted octanol–water partition coefficient (Wildman–Crippen LogP) is -0.466. The molecule has 1 N–H and O–H groups in total. The molecule has 12 heavy (non-hydrogen) atoms. The Bertz CT molecular complexity index is 456. The number of H-pyrrole nitrogens is 1. The Morgan fingerprint density at radius 2 is 2.50 bits per heavy atom. The largest absolute Gasteiger partial charge is 0.314 e. The minimum atomic E-state index is -0.299. The molecule has 2 rings (SSSR count). The van der Waals surface area contributed by atoms with E-state index in [1.54, 1.807) is 10.9 Å². The first kappa shape index (κ1) is 6.96. The number of aryl methyl sites for hydroxylation is 1. The maximum Gasteiger partial charge on any atom is 0.295 e. The number of fused-ring (bicyclic) bond motifs is 1. The summed E-state index contributed by atoms with van der Waals surface area (Å²) in [7, 11) is 0. The van der Waals surface area contributed by atoms with Crippen LogP contribution in [0.25, 0.3) is 11.2 Å². The van der Waals surface area contributed by atoms with Crippen molar-refractivity contribution in [1.82, 2.24) is 25.0 Å². The minimum Gasteiger partial charge on any atom is -0.314 e. The van der Waals surface area contributed by atoms with Gasteiger partial charge in [-0.1, -0.05) is 5.21 Å². The Labute approximate surface area is 67.2 Å². The van der Waals surface area contributed by atoms with E-state index >= 15 is 0 Å². The van der Waals surface area contributed by atoms with E-state index in [9.17, 15) is 4.79 Å². The molecule has 6 heteroatoms. The van der Waals surface area contributed by atoms with Crippen LogP contribution in [0.5, 0.6) is 0 Å². The molecule has 0 aliphatic heterocycles. The topological polar surface area (TPSA) is 76.5 Å². The van der Waals surface area contributed by atoms with Gasteiger partial charge in [-0.3, -0.25) is 4.79 Å². The number of rotatable bonds is 1. The molecule has 2 aromatic heterocycles. The molecule has 0 radical (unpaired) electrons. The highest BCUT2D eigenvalue weighted by Gasteiger charge is 2.05. The van der Waals surface area contributed by atoms with Crippen LogP contribution in [0.15, 0.2) is 11.1 Å². The molecule has 0 aromatic carbocycles. The van der Waals surface area contributed by atoms with Gasteiger partial charge in [0.25, 0.3) is 5.56 Å². The van der Waals surface area contributed by atoms with Gasteiger partial charge in [-0.25, -0.2) is 10.1 Å². The van der Waals surface area contributed by atoms with E-state index in [4.69, 9.17) is 0 Å². The molecule has 0 bridgehead atoms. The summed E-state index contributed by atoms with van der Waals surface area (Å²) in [6.07, 6.45) is 1.58. The van der Waals surface area contributed by atoms with Crippen molar-refractivity contribution in [2.45, 2.75) is 13.5 Å². The first-order valence-electron chi connectivity index (χ1n) is 3.59. The Morgan fingerprint density at radius 1 is 1.67 bits per heavy atom. The molecule has 6 nitrogen and oxygen atoms in total. The van der Waals surface area contributed by atoms with Crippen molar-refractivity contribution in [2.24, 2.45) is 0 Å². The second-order valence-corrected chi connectivity index (χ2v) is 2.34. The van der Waals surface area contributed by atoms with Gasteiger partial charge in [0.15, 0.2) is 11.2 Å². The van der Waals surface area contributed by atoms with Crippen LogP contribution in [0.2, 0.25) is 0 Å². The number of nitrogens with zero attached hydrogens (tertiary/aromatic N) is 4. The molecule has 0 atom stereocenters. The number of aromatic amines is 1. The van der Waals surface area contributed by atoms with Crippen molar-refractivity contribution >= 4 is 11.2 Å². The third kappa shape index (κ3) is 0.810. The quantitative estimate of drug-likeness (QED) is 0.620. The number of hydrogen-bond donors (Lipinski definition) is 1. The van der Waals surface area contributed by atoms with Crippen molar-refractivity contribution in [3.63, 3.8) is 0 Å². The van der Waals surface area contributed by atoms with Gasteiger partial charge < -0.3 is 4.57 Å². The second-order valence-electron chi connectivity index (χ2n) is 2.34. The molecule has 0 saturated heterocycles. The van der Waals surface area contributed by atoms with Gasteiger partial charge in [0, 0.05) is 6.54 Å². The number of hydrogen-bond acceptors (Lipinski definition) is 4. The van der Waals surface area contributed by atoms with Gasteiger partial charge >= 0.3 is 0 Å². The second kappa shape index (κ2) is 2.40. The van der Waals surface area contributed by atoms with Crippen molar-refractivity contribution in [1.29, 1.82) is 0 Å². The molecule has 2 heterocycles. The van der Waals surface area contributed by atoms with Crippen LogP contribution in [-0.2, 0) is 6.54 Å². The fraction of sp³-hybridized carbons (Fsp3) is 0.333. The van der Waals surface area contributed by atoms with E-state index in [-0.39, 0.29) is 5.56 Å². The van der Waals surface area contributed by atoms with E-state index in [0.717, 1.165) is 6.54 Å². The van der Waals surface area contributed by atoms with Gasteiger partial charge in [-0.2, -0.15) is 0 Å². The molecule has 2 aromatic rings. The lowest BCUT2D eigenvalue weighted by Gasteiger charge is -1.93. The number of nitrogens with one attached hydrogen (secondary N) is 1. The Kier molecular flexibility index (Phi) is 1.39. The molecule has 0 amide bonds. The summed E-state index contributed by atoms with van der Waals surface area (Å²) in [5, 5.41) is 9.43. The summed E-state index contributed by atoms with van der Waals surface area (Å²) in [5.41, 5.74) is 0.570. The zero-order chi connectivity index (χ0) is 8.55. The molecule has 0 spiro atoms. The fourth-order valence-electron chi connectivity index (χ4n) is 1.04. The highest BCUT2D eigenvalue weighted by atomic mass is 16.1. The number of aromatic nitrogens is 5. The van der Waals surface area contributed by atoms with Crippen LogP contribution in [0, 0.1) is 0 Å². The van der Waals surface area contributed by atoms with Crippen LogP contribution < -0.4 is 5.56 Å². The molecule has 0 fully saturated rings. The van der Waals surface area contributed by atoms with Crippen LogP contribution >= 0.6 is 0 Å².